The number of carbonyl (C=O) groups is 1. The van der Waals surface area contributed by atoms with Crippen molar-refractivity contribution in [3.63, 3.8) is 0 Å². The molecule has 0 aromatic rings. The molecular weight excluding hydrogens is 344 g/mol. The van der Waals surface area contributed by atoms with Crippen molar-refractivity contribution < 1.29 is 22.7 Å². The Balaban J connectivity index is 1.48. The van der Waals surface area contributed by atoms with Gasteiger partial charge in [0.15, 0.2) is 9.84 Å². The van der Waals surface area contributed by atoms with Crippen LogP contribution in [0.1, 0.15) is 39.5 Å². The summed E-state index contributed by atoms with van der Waals surface area (Å²) in [5.41, 5.74) is -0.594. The fourth-order valence-corrected chi connectivity index (χ4v) is 5.93. The summed E-state index contributed by atoms with van der Waals surface area (Å²) in [5.74, 6) is 0.763. The van der Waals surface area contributed by atoms with Crippen molar-refractivity contribution in [2.75, 3.05) is 37.8 Å². The Kier molecular flexibility index (Phi) is 5.60. The van der Waals surface area contributed by atoms with Crippen LogP contribution in [-0.2, 0) is 19.3 Å². The molecule has 144 valence electrons. The fraction of sp³-hybridized carbons (Fsp3) is 0.941. The first kappa shape index (κ1) is 18.9. The maximum Gasteiger partial charge on any atom is 0.317 e. The molecule has 0 saturated carbocycles. The molecule has 3 rings (SSSR count). The van der Waals surface area contributed by atoms with Crippen LogP contribution in [0.5, 0.6) is 0 Å². The lowest BCUT2D eigenvalue weighted by Crippen LogP contribution is -2.52. The Morgan fingerprint density at radius 3 is 2.88 bits per heavy atom. The molecule has 0 aromatic carbocycles. The van der Waals surface area contributed by atoms with Crippen LogP contribution in [0.15, 0.2) is 0 Å². The van der Waals surface area contributed by atoms with Crippen LogP contribution in [0.25, 0.3) is 0 Å². The first-order chi connectivity index (χ1) is 11.8. The molecule has 3 unspecified atom stereocenters. The Morgan fingerprint density at radius 2 is 2.20 bits per heavy atom. The van der Waals surface area contributed by atoms with Gasteiger partial charge < -0.3 is 19.7 Å². The zero-order valence-corrected chi connectivity index (χ0v) is 16.0. The molecule has 3 saturated heterocycles. The van der Waals surface area contributed by atoms with Gasteiger partial charge in [0.1, 0.15) is 0 Å². The van der Waals surface area contributed by atoms with Crippen LogP contribution < -0.4 is 5.32 Å². The first-order valence-corrected chi connectivity index (χ1v) is 11.1. The normalized spacial score (nSPS) is 34.8. The number of rotatable bonds is 4. The van der Waals surface area contributed by atoms with E-state index in [0.717, 1.165) is 19.4 Å². The summed E-state index contributed by atoms with van der Waals surface area (Å²) in [6.07, 6.45) is 2.84. The van der Waals surface area contributed by atoms with E-state index in [0.29, 0.717) is 38.5 Å². The molecular formula is C17H30N2O5S. The Hall–Kier alpha value is -0.860. The monoisotopic (exact) mass is 374 g/mol. The summed E-state index contributed by atoms with van der Waals surface area (Å²) in [4.78, 5) is 14.3. The van der Waals surface area contributed by atoms with Crippen LogP contribution >= 0.6 is 0 Å². The number of urea groups is 1. The summed E-state index contributed by atoms with van der Waals surface area (Å²) < 4.78 is 35.2. The standard InChI is InChI=1S/C17H30N2O5S/c1-13(2)11-23-15-3-6-19(10-15)16(20)18-14-4-7-24-17(9-14)5-8-25(21,22)12-17/h13-15H,3-12H2,1-2H3,(H,18,20). The van der Waals surface area contributed by atoms with Crippen LogP contribution in [-0.4, -0.2) is 74.9 Å². The molecule has 7 nitrogen and oxygen atoms in total. The molecule has 0 aliphatic carbocycles. The molecule has 8 heteroatoms. The zero-order valence-electron chi connectivity index (χ0n) is 15.2. The summed E-state index contributed by atoms with van der Waals surface area (Å²) in [6.45, 7) is 6.78. The molecule has 3 fully saturated rings. The van der Waals surface area contributed by atoms with E-state index in [1.807, 2.05) is 0 Å². The third kappa shape index (κ3) is 4.86. The van der Waals surface area contributed by atoms with E-state index >= 15 is 0 Å². The summed E-state index contributed by atoms with van der Waals surface area (Å²) in [5, 5.41) is 3.08. The summed E-state index contributed by atoms with van der Waals surface area (Å²) >= 11 is 0. The second-order valence-electron chi connectivity index (χ2n) is 8.10. The second kappa shape index (κ2) is 7.40. The quantitative estimate of drug-likeness (QED) is 0.799. The van der Waals surface area contributed by atoms with E-state index in [4.69, 9.17) is 9.47 Å². The lowest BCUT2D eigenvalue weighted by Gasteiger charge is -2.38. The molecule has 0 bridgehead atoms. The van der Waals surface area contributed by atoms with Gasteiger partial charge in [0.05, 0.1) is 23.2 Å². The van der Waals surface area contributed by atoms with Crippen molar-refractivity contribution in [1.82, 2.24) is 10.2 Å². The number of amides is 2. The Morgan fingerprint density at radius 1 is 1.40 bits per heavy atom. The lowest BCUT2D eigenvalue weighted by molar-refractivity contribution is -0.0691. The topological polar surface area (TPSA) is 84.9 Å². The molecule has 0 radical (unpaired) electrons. The van der Waals surface area contributed by atoms with E-state index in [1.165, 1.54) is 0 Å². The molecule has 2 amide bonds. The second-order valence-corrected chi connectivity index (χ2v) is 10.3. The van der Waals surface area contributed by atoms with Crippen molar-refractivity contribution in [2.24, 2.45) is 5.92 Å². The van der Waals surface area contributed by atoms with Gasteiger partial charge in [-0.05, 0) is 31.6 Å². The van der Waals surface area contributed by atoms with Crippen molar-refractivity contribution in [2.45, 2.75) is 57.3 Å². The number of hydrogen-bond acceptors (Lipinski definition) is 5. The van der Waals surface area contributed by atoms with Gasteiger partial charge in [-0.25, -0.2) is 13.2 Å². The number of carbonyl (C=O) groups excluding carboxylic acids is 1. The van der Waals surface area contributed by atoms with Gasteiger partial charge in [-0.15, -0.1) is 0 Å². The van der Waals surface area contributed by atoms with Crippen molar-refractivity contribution >= 4 is 15.9 Å². The third-order valence-electron chi connectivity index (χ3n) is 5.27. The lowest BCUT2D eigenvalue weighted by atomic mass is 9.90. The van der Waals surface area contributed by atoms with Crippen LogP contribution in [0.2, 0.25) is 0 Å². The van der Waals surface area contributed by atoms with E-state index in [1.54, 1.807) is 4.90 Å². The largest absolute Gasteiger partial charge is 0.376 e. The molecule has 25 heavy (non-hydrogen) atoms. The van der Waals surface area contributed by atoms with Gasteiger partial charge in [-0.3, -0.25) is 0 Å². The molecule has 3 aliphatic rings. The average Bonchev–Trinajstić information content (AvgIpc) is 3.10. The SMILES string of the molecule is CC(C)COC1CCN(C(=O)NC2CCOC3(CCS(=O)(=O)C3)C2)C1. The van der Waals surface area contributed by atoms with Crippen molar-refractivity contribution in [3.05, 3.63) is 0 Å². The van der Waals surface area contributed by atoms with Gasteiger partial charge in [-0.1, -0.05) is 13.8 Å². The van der Waals surface area contributed by atoms with E-state index in [-0.39, 0.29) is 29.7 Å². The van der Waals surface area contributed by atoms with Gasteiger partial charge >= 0.3 is 6.03 Å². The van der Waals surface area contributed by atoms with Crippen LogP contribution in [0.3, 0.4) is 0 Å². The minimum Gasteiger partial charge on any atom is -0.376 e. The number of ether oxygens (including phenoxy) is 2. The Labute approximate surface area is 150 Å². The maximum atomic E-state index is 12.5. The fourth-order valence-electron chi connectivity index (χ4n) is 3.96. The molecule has 3 aliphatic heterocycles. The summed E-state index contributed by atoms with van der Waals surface area (Å²) in [6, 6.07) is -0.0938. The van der Waals surface area contributed by atoms with Crippen molar-refractivity contribution in [1.29, 1.82) is 0 Å². The van der Waals surface area contributed by atoms with Gasteiger partial charge in [0.2, 0.25) is 0 Å². The highest BCUT2D eigenvalue weighted by molar-refractivity contribution is 7.91. The molecule has 1 spiro atoms. The molecule has 3 heterocycles. The minimum atomic E-state index is -3.01. The van der Waals surface area contributed by atoms with Crippen LogP contribution in [0, 0.1) is 5.92 Å². The number of nitrogens with zero attached hydrogens (tertiary/aromatic N) is 1. The predicted octanol–water partition coefficient (Wildman–Crippen LogP) is 1.18. The minimum absolute atomic E-state index is 0.0230. The predicted molar refractivity (Wildman–Crippen MR) is 94.3 cm³/mol. The Bertz CT molecular complexity index is 594. The first-order valence-electron chi connectivity index (χ1n) is 9.28. The number of hydrogen-bond donors (Lipinski definition) is 1. The number of likely N-dealkylation sites (tertiary alicyclic amines) is 1. The maximum absolute atomic E-state index is 12.5. The highest BCUT2D eigenvalue weighted by atomic mass is 32.2. The molecule has 1 N–H and O–H groups in total. The van der Waals surface area contributed by atoms with E-state index in [2.05, 4.69) is 19.2 Å². The van der Waals surface area contributed by atoms with E-state index in [9.17, 15) is 13.2 Å². The van der Waals surface area contributed by atoms with Gasteiger partial charge in [0, 0.05) is 32.3 Å². The van der Waals surface area contributed by atoms with Crippen molar-refractivity contribution in [3.8, 4) is 0 Å². The third-order valence-corrected chi connectivity index (χ3v) is 7.06. The zero-order chi connectivity index (χ0) is 18.1. The number of nitrogens with one attached hydrogen (secondary N) is 1. The van der Waals surface area contributed by atoms with Crippen LogP contribution in [0.4, 0.5) is 4.79 Å². The average molecular weight is 375 g/mol. The highest BCUT2D eigenvalue weighted by Gasteiger charge is 2.47. The molecule has 0 aromatic heterocycles. The number of sulfone groups is 1. The smallest absolute Gasteiger partial charge is 0.317 e. The van der Waals surface area contributed by atoms with Gasteiger partial charge in [-0.2, -0.15) is 0 Å². The summed E-state index contributed by atoms with van der Waals surface area (Å²) in [7, 11) is -3.01. The van der Waals surface area contributed by atoms with Gasteiger partial charge in [0.25, 0.3) is 0 Å². The molecule has 3 atom stereocenters. The van der Waals surface area contributed by atoms with E-state index < -0.39 is 15.4 Å². The highest BCUT2D eigenvalue weighted by Crippen LogP contribution is 2.35.